The standard InChI is InChI=1S/C8H11N5S/c1-13(2)12-6-5-3-4-14-7(5)11-8(9)10-6/h3-4H,1-2H3,(H3,9,10,11,12). The van der Waals surface area contributed by atoms with E-state index in [1.165, 1.54) is 0 Å². The van der Waals surface area contributed by atoms with E-state index in [1.807, 2.05) is 30.6 Å². The SMILES string of the molecule is CN(C)Nc1nc(N)nc2sccc12. The Balaban J connectivity index is 2.55. The number of nitrogens with zero attached hydrogens (tertiary/aromatic N) is 3. The molecule has 2 heterocycles. The minimum Gasteiger partial charge on any atom is -0.368 e. The van der Waals surface area contributed by atoms with Crippen LogP contribution in [-0.4, -0.2) is 29.1 Å². The molecule has 0 amide bonds. The lowest BCUT2D eigenvalue weighted by atomic mass is 10.4. The number of hydrogen-bond donors (Lipinski definition) is 2. The molecule has 74 valence electrons. The van der Waals surface area contributed by atoms with Gasteiger partial charge in [0.2, 0.25) is 5.95 Å². The van der Waals surface area contributed by atoms with Crippen molar-refractivity contribution in [2.45, 2.75) is 0 Å². The molecule has 0 aromatic carbocycles. The molecular weight excluding hydrogens is 198 g/mol. The molecule has 0 atom stereocenters. The second-order valence-electron chi connectivity index (χ2n) is 3.08. The van der Waals surface area contributed by atoms with Crippen LogP contribution in [-0.2, 0) is 0 Å². The van der Waals surface area contributed by atoms with Crippen LogP contribution in [0.2, 0.25) is 0 Å². The van der Waals surface area contributed by atoms with Crippen molar-refractivity contribution in [2.24, 2.45) is 0 Å². The maximum Gasteiger partial charge on any atom is 0.223 e. The highest BCUT2D eigenvalue weighted by atomic mass is 32.1. The van der Waals surface area contributed by atoms with Gasteiger partial charge in [0.25, 0.3) is 0 Å². The van der Waals surface area contributed by atoms with Gasteiger partial charge in [-0.3, -0.25) is 0 Å². The lowest BCUT2D eigenvalue weighted by molar-refractivity contribution is 0.493. The highest BCUT2D eigenvalue weighted by Crippen LogP contribution is 2.25. The Morgan fingerprint density at radius 3 is 2.93 bits per heavy atom. The fourth-order valence-electron chi connectivity index (χ4n) is 1.17. The van der Waals surface area contributed by atoms with Crippen LogP contribution in [0.4, 0.5) is 11.8 Å². The molecule has 0 unspecified atom stereocenters. The number of nitrogens with two attached hydrogens (primary N) is 1. The minimum absolute atomic E-state index is 0.296. The monoisotopic (exact) mass is 209 g/mol. The van der Waals surface area contributed by atoms with Gasteiger partial charge in [0.15, 0.2) is 5.82 Å². The lowest BCUT2D eigenvalue weighted by Gasteiger charge is -2.13. The van der Waals surface area contributed by atoms with Gasteiger partial charge < -0.3 is 11.2 Å². The van der Waals surface area contributed by atoms with Crippen molar-refractivity contribution in [3.8, 4) is 0 Å². The summed E-state index contributed by atoms with van der Waals surface area (Å²) in [6.45, 7) is 0. The number of hydrazine groups is 1. The first-order valence-corrected chi connectivity index (χ1v) is 4.99. The number of nitrogens with one attached hydrogen (secondary N) is 1. The fourth-order valence-corrected chi connectivity index (χ4v) is 1.94. The molecule has 0 saturated carbocycles. The highest BCUT2D eigenvalue weighted by molar-refractivity contribution is 7.16. The zero-order chi connectivity index (χ0) is 10.1. The summed E-state index contributed by atoms with van der Waals surface area (Å²) >= 11 is 1.55. The maximum absolute atomic E-state index is 5.59. The molecule has 6 heteroatoms. The van der Waals surface area contributed by atoms with Crippen LogP contribution in [0.1, 0.15) is 0 Å². The molecule has 2 rings (SSSR count). The summed E-state index contributed by atoms with van der Waals surface area (Å²) in [6.07, 6.45) is 0. The molecule has 0 radical (unpaired) electrons. The third-order valence-electron chi connectivity index (χ3n) is 1.67. The molecular formula is C8H11N5S. The number of nitrogen functional groups attached to an aromatic ring is 1. The minimum atomic E-state index is 0.296. The van der Waals surface area contributed by atoms with Crippen LogP contribution in [0.3, 0.4) is 0 Å². The van der Waals surface area contributed by atoms with E-state index in [0.29, 0.717) is 5.95 Å². The summed E-state index contributed by atoms with van der Waals surface area (Å²) in [7, 11) is 3.80. The zero-order valence-corrected chi connectivity index (χ0v) is 8.80. The molecule has 0 spiro atoms. The number of fused-ring (bicyclic) bond motifs is 1. The molecule has 0 bridgehead atoms. The summed E-state index contributed by atoms with van der Waals surface area (Å²) in [5, 5.41) is 4.79. The Hall–Kier alpha value is -1.40. The average molecular weight is 209 g/mol. The Kier molecular flexibility index (Phi) is 2.22. The normalized spacial score (nSPS) is 11.1. The molecule has 5 nitrogen and oxygen atoms in total. The largest absolute Gasteiger partial charge is 0.368 e. The first kappa shape index (κ1) is 9.17. The van der Waals surface area contributed by atoms with Crippen LogP contribution < -0.4 is 11.2 Å². The van der Waals surface area contributed by atoms with Gasteiger partial charge in [-0.05, 0) is 11.4 Å². The van der Waals surface area contributed by atoms with Crippen molar-refractivity contribution in [2.75, 3.05) is 25.3 Å². The van der Waals surface area contributed by atoms with Crippen LogP contribution in [0.25, 0.3) is 10.2 Å². The third kappa shape index (κ3) is 1.61. The van der Waals surface area contributed by atoms with Crippen LogP contribution >= 0.6 is 11.3 Å². The predicted octanol–water partition coefficient (Wildman–Crippen LogP) is 1.16. The molecule has 0 saturated heterocycles. The van der Waals surface area contributed by atoms with Gasteiger partial charge in [0.1, 0.15) is 4.83 Å². The number of hydrogen-bond acceptors (Lipinski definition) is 6. The number of rotatable bonds is 2. The van der Waals surface area contributed by atoms with Gasteiger partial charge in [0, 0.05) is 14.1 Å². The van der Waals surface area contributed by atoms with Gasteiger partial charge in [-0.25, -0.2) is 9.99 Å². The molecule has 0 aliphatic carbocycles. The van der Waals surface area contributed by atoms with Crippen LogP contribution in [0.5, 0.6) is 0 Å². The van der Waals surface area contributed by atoms with E-state index in [4.69, 9.17) is 5.73 Å². The Morgan fingerprint density at radius 1 is 1.43 bits per heavy atom. The molecule has 0 aliphatic rings. The van der Waals surface area contributed by atoms with Crippen LogP contribution in [0, 0.1) is 0 Å². The molecule has 2 aromatic heterocycles. The number of anilines is 2. The van der Waals surface area contributed by atoms with E-state index in [0.717, 1.165) is 16.0 Å². The van der Waals surface area contributed by atoms with E-state index < -0.39 is 0 Å². The van der Waals surface area contributed by atoms with Crippen molar-refractivity contribution >= 4 is 33.3 Å². The fraction of sp³-hybridized carbons (Fsp3) is 0.250. The van der Waals surface area contributed by atoms with Gasteiger partial charge in [0.05, 0.1) is 5.39 Å². The number of aromatic nitrogens is 2. The van der Waals surface area contributed by atoms with E-state index in [-0.39, 0.29) is 0 Å². The third-order valence-corrected chi connectivity index (χ3v) is 2.48. The quantitative estimate of drug-likeness (QED) is 0.726. The summed E-state index contributed by atoms with van der Waals surface area (Å²) < 4.78 is 0. The Bertz CT molecular complexity index is 450. The molecule has 2 aromatic rings. The average Bonchev–Trinajstić information content (AvgIpc) is 2.50. The zero-order valence-electron chi connectivity index (χ0n) is 7.98. The summed E-state index contributed by atoms with van der Waals surface area (Å²) in [6, 6.07) is 1.98. The maximum atomic E-state index is 5.59. The Labute approximate surface area is 85.5 Å². The predicted molar refractivity (Wildman–Crippen MR) is 59.1 cm³/mol. The van der Waals surface area contributed by atoms with E-state index in [1.54, 1.807) is 11.3 Å². The van der Waals surface area contributed by atoms with Gasteiger partial charge >= 0.3 is 0 Å². The molecule has 0 fully saturated rings. The van der Waals surface area contributed by atoms with E-state index in [9.17, 15) is 0 Å². The summed E-state index contributed by atoms with van der Waals surface area (Å²) in [5.41, 5.74) is 8.67. The van der Waals surface area contributed by atoms with Gasteiger partial charge in [-0.1, -0.05) is 0 Å². The van der Waals surface area contributed by atoms with Crippen molar-refractivity contribution in [1.82, 2.24) is 15.0 Å². The number of thiophene rings is 1. The van der Waals surface area contributed by atoms with Gasteiger partial charge in [-0.15, -0.1) is 11.3 Å². The lowest BCUT2D eigenvalue weighted by Crippen LogP contribution is -2.20. The topological polar surface area (TPSA) is 67.1 Å². The molecule has 3 N–H and O–H groups in total. The second-order valence-corrected chi connectivity index (χ2v) is 3.97. The van der Waals surface area contributed by atoms with Gasteiger partial charge in [-0.2, -0.15) is 4.98 Å². The first-order chi connectivity index (χ1) is 6.66. The van der Waals surface area contributed by atoms with E-state index in [2.05, 4.69) is 15.4 Å². The second kappa shape index (κ2) is 3.39. The smallest absolute Gasteiger partial charge is 0.223 e. The summed E-state index contributed by atoms with van der Waals surface area (Å²) in [5.74, 6) is 1.04. The Morgan fingerprint density at radius 2 is 2.21 bits per heavy atom. The van der Waals surface area contributed by atoms with Crippen molar-refractivity contribution in [3.63, 3.8) is 0 Å². The molecule has 14 heavy (non-hydrogen) atoms. The van der Waals surface area contributed by atoms with Crippen LogP contribution in [0.15, 0.2) is 11.4 Å². The first-order valence-electron chi connectivity index (χ1n) is 4.11. The van der Waals surface area contributed by atoms with Crippen molar-refractivity contribution < 1.29 is 0 Å². The van der Waals surface area contributed by atoms with E-state index >= 15 is 0 Å². The van der Waals surface area contributed by atoms with Crippen molar-refractivity contribution in [1.29, 1.82) is 0 Å². The molecule has 0 aliphatic heterocycles. The highest BCUT2D eigenvalue weighted by Gasteiger charge is 2.06. The van der Waals surface area contributed by atoms with Crippen molar-refractivity contribution in [3.05, 3.63) is 11.4 Å². The summed E-state index contributed by atoms with van der Waals surface area (Å²) in [4.78, 5) is 9.17.